The zero-order valence-corrected chi connectivity index (χ0v) is 16.7. The van der Waals surface area contributed by atoms with E-state index in [2.05, 4.69) is 16.0 Å². The van der Waals surface area contributed by atoms with E-state index in [0.29, 0.717) is 35.0 Å². The summed E-state index contributed by atoms with van der Waals surface area (Å²) < 4.78 is 0. The molecule has 0 unspecified atom stereocenters. The van der Waals surface area contributed by atoms with Crippen LogP contribution in [0.5, 0.6) is 0 Å². The molecule has 1 aliphatic rings. The highest BCUT2D eigenvalue weighted by Gasteiger charge is 2.27. The van der Waals surface area contributed by atoms with Gasteiger partial charge < -0.3 is 10.7 Å². The normalized spacial score (nSPS) is 16.4. The molecule has 29 heavy (non-hydrogen) atoms. The van der Waals surface area contributed by atoms with Gasteiger partial charge in [0.1, 0.15) is 29.4 Å². The Labute approximate surface area is 176 Å². The molecule has 1 aliphatic carbocycles. The van der Waals surface area contributed by atoms with Gasteiger partial charge in [-0.1, -0.05) is 11.5 Å². The van der Waals surface area contributed by atoms with Gasteiger partial charge in [-0.3, -0.25) is 9.88 Å². The number of hydrogen-bond acceptors (Lipinski definition) is 4. The minimum Gasteiger partial charge on any atom is -0.341 e. The number of H-pyrrole nitrogens is 1. The summed E-state index contributed by atoms with van der Waals surface area (Å²) in [6.07, 6.45) is 7.28. The molecule has 0 spiro atoms. The predicted octanol–water partition coefficient (Wildman–Crippen LogP) is -0.0422. The van der Waals surface area contributed by atoms with Crippen LogP contribution in [0, 0.1) is 0 Å². The van der Waals surface area contributed by atoms with Crippen molar-refractivity contribution in [2.24, 2.45) is 5.73 Å². The first-order valence-corrected chi connectivity index (χ1v) is 10.3. The molecule has 142 valence electrons. The maximum Gasteiger partial charge on any atom is 0.121 e. The molecule has 5 nitrogen and oxygen atoms in total. The fourth-order valence-electron chi connectivity index (χ4n) is 4.28. The van der Waals surface area contributed by atoms with Crippen molar-refractivity contribution in [2.75, 3.05) is 13.1 Å². The van der Waals surface area contributed by atoms with Crippen molar-refractivity contribution in [2.45, 2.75) is 44.7 Å². The quantitative estimate of drug-likeness (QED) is 0.447. The molecule has 1 atom stereocenters. The van der Waals surface area contributed by atoms with E-state index in [4.69, 9.17) is 39.2 Å². The number of rotatable bonds is 7. The van der Waals surface area contributed by atoms with Crippen LogP contribution >= 0.6 is 0 Å². The van der Waals surface area contributed by atoms with Gasteiger partial charge in [-0.05, 0) is 62.9 Å². The number of hydrogen-bond donors (Lipinski definition) is 2. The standard InChI is InChI=1S/C21H24B3N5/c22-14-11-15-21(19(24)18(14)23)28-17(27-15)12-29(10-2-1-8-25)16-7-3-5-13-6-4-9-26-20(13)16/h4,6,9,11,16H,1-3,5,7-8,10,12,25H2,(H,27,28)/t16-/m0/s1. The summed E-state index contributed by atoms with van der Waals surface area (Å²) in [5.41, 5.74) is 11.1. The van der Waals surface area contributed by atoms with Gasteiger partial charge in [-0.15, -0.1) is 10.9 Å². The maximum atomic E-state index is 6.14. The summed E-state index contributed by atoms with van der Waals surface area (Å²) in [5.74, 6) is 0.854. The lowest BCUT2D eigenvalue weighted by molar-refractivity contribution is 0.159. The Morgan fingerprint density at radius 1 is 1.21 bits per heavy atom. The van der Waals surface area contributed by atoms with Crippen LogP contribution in [0.1, 0.15) is 48.8 Å². The van der Waals surface area contributed by atoms with Crippen LogP contribution in [0.25, 0.3) is 11.0 Å². The number of aromatic amines is 1. The molecule has 3 N–H and O–H groups in total. The average Bonchev–Trinajstić information content (AvgIpc) is 3.13. The van der Waals surface area contributed by atoms with Crippen LogP contribution in [0.4, 0.5) is 0 Å². The second-order valence-corrected chi connectivity index (χ2v) is 7.79. The molecular weight excluding hydrogens is 355 g/mol. The van der Waals surface area contributed by atoms with Gasteiger partial charge >= 0.3 is 0 Å². The molecule has 6 radical (unpaired) electrons. The van der Waals surface area contributed by atoms with Gasteiger partial charge in [-0.2, -0.15) is 0 Å². The Morgan fingerprint density at radius 2 is 2.07 bits per heavy atom. The van der Waals surface area contributed by atoms with Gasteiger partial charge in [0.25, 0.3) is 0 Å². The molecule has 0 saturated heterocycles. The highest BCUT2D eigenvalue weighted by molar-refractivity contribution is 6.59. The van der Waals surface area contributed by atoms with Gasteiger partial charge in [0, 0.05) is 6.20 Å². The molecule has 3 aromatic rings. The number of nitrogens with zero attached hydrogens (tertiary/aromatic N) is 3. The van der Waals surface area contributed by atoms with Crippen LogP contribution in [-0.2, 0) is 13.0 Å². The maximum absolute atomic E-state index is 6.14. The first-order valence-electron chi connectivity index (χ1n) is 10.3. The molecule has 1 aromatic carbocycles. The molecular formula is C21H24B3N5. The van der Waals surface area contributed by atoms with Crippen LogP contribution in [0.3, 0.4) is 0 Å². The third kappa shape index (κ3) is 4.14. The number of aryl methyl sites for hydroxylation is 1. The lowest BCUT2D eigenvalue weighted by atomic mass is 9.72. The van der Waals surface area contributed by atoms with Crippen molar-refractivity contribution < 1.29 is 0 Å². The summed E-state index contributed by atoms with van der Waals surface area (Å²) in [6.45, 7) is 2.32. The van der Waals surface area contributed by atoms with Crippen molar-refractivity contribution >= 4 is 51.0 Å². The SMILES string of the molecule is [B]c1cc2[nH]c(CN(CCCCN)[C@H]3CCCc4cccnc43)nc2c([B])c1[B]. The van der Waals surface area contributed by atoms with E-state index in [1.165, 1.54) is 11.3 Å². The Balaban J connectivity index is 1.65. The van der Waals surface area contributed by atoms with E-state index in [1.54, 1.807) is 6.07 Å². The zero-order chi connectivity index (χ0) is 20.4. The van der Waals surface area contributed by atoms with Crippen molar-refractivity contribution in [3.8, 4) is 0 Å². The van der Waals surface area contributed by atoms with E-state index >= 15 is 0 Å². The van der Waals surface area contributed by atoms with Crippen LogP contribution in [0.15, 0.2) is 24.4 Å². The minimum absolute atomic E-state index is 0.276. The molecule has 0 amide bonds. The van der Waals surface area contributed by atoms with E-state index < -0.39 is 0 Å². The van der Waals surface area contributed by atoms with Crippen molar-refractivity contribution in [1.29, 1.82) is 0 Å². The second-order valence-electron chi connectivity index (χ2n) is 7.79. The lowest BCUT2D eigenvalue weighted by Gasteiger charge is -2.34. The number of nitrogens with two attached hydrogens (primary N) is 1. The van der Waals surface area contributed by atoms with E-state index in [9.17, 15) is 0 Å². The van der Waals surface area contributed by atoms with Gasteiger partial charge in [0.15, 0.2) is 0 Å². The van der Waals surface area contributed by atoms with Crippen LogP contribution in [-0.4, -0.2) is 56.5 Å². The second kappa shape index (κ2) is 8.76. The zero-order valence-electron chi connectivity index (χ0n) is 16.7. The largest absolute Gasteiger partial charge is 0.341 e. The summed E-state index contributed by atoms with van der Waals surface area (Å²) in [6, 6.07) is 6.29. The summed E-state index contributed by atoms with van der Waals surface area (Å²) in [5, 5.41) is 0. The summed E-state index contributed by atoms with van der Waals surface area (Å²) >= 11 is 0. The highest BCUT2D eigenvalue weighted by atomic mass is 15.2. The Kier molecular flexibility index (Phi) is 6.11. The first kappa shape index (κ1) is 20.2. The molecule has 0 saturated carbocycles. The molecule has 8 heteroatoms. The van der Waals surface area contributed by atoms with Crippen molar-refractivity contribution in [1.82, 2.24) is 19.9 Å². The molecule has 4 rings (SSSR count). The Bertz CT molecular complexity index is 1000. The van der Waals surface area contributed by atoms with Gasteiger partial charge in [-0.25, -0.2) is 4.98 Å². The molecule has 2 aromatic heterocycles. The molecule has 2 heterocycles. The van der Waals surface area contributed by atoms with Crippen LogP contribution < -0.4 is 22.1 Å². The average molecular weight is 379 g/mol. The number of pyridine rings is 1. The topological polar surface area (TPSA) is 70.8 Å². The van der Waals surface area contributed by atoms with E-state index in [-0.39, 0.29) is 6.04 Å². The summed E-state index contributed by atoms with van der Waals surface area (Å²) in [4.78, 5) is 15.3. The molecule has 0 fully saturated rings. The predicted molar refractivity (Wildman–Crippen MR) is 121 cm³/mol. The third-order valence-electron chi connectivity index (χ3n) is 5.80. The number of benzene rings is 1. The number of nitrogens with one attached hydrogen (secondary N) is 1. The van der Waals surface area contributed by atoms with Gasteiger partial charge in [0.05, 0.1) is 29.3 Å². The van der Waals surface area contributed by atoms with E-state index in [0.717, 1.165) is 50.0 Å². The fourth-order valence-corrected chi connectivity index (χ4v) is 4.28. The Hall–Kier alpha value is -2.05. The van der Waals surface area contributed by atoms with Crippen molar-refractivity contribution in [3.05, 3.63) is 41.5 Å². The van der Waals surface area contributed by atoms with Gasteiger partial charge in [0.2, 0.25) is 0 Å². The fraction of sp³-hybridized carbons (Fsp3) is 0.429. The number of aromatic nitrogens is 3. The van der Waals surface area contributed by atoms with E-state index in [1.807, 2.05) is 12.3 Å². The van der Waals surface area contributed by atoms with Crippen molar-refractivity contribution in [3.63, 3.8) is 0 Å². The number of unbranched alkanes of at least 4 members (excludes halogenated alkanes) is 1. The monoisotopic (exact) mass is 379 g/mol. The number of imidazole rings is 1. The summed E-state index contributed by atoms with van der Waals surface area (Å²) in [7, 11) is 18.1. The first-order chi connectivity index (χ1) is 14.1. The number of fused-ring (bicyclic) bond motifs is 2. The molecule has 0 aliphatic heterocycles. The minimum atomic E-state index is 0.276. The molecule has 0 bridgehead atoms. The van der Waals surface area contributed by atoms with Crippen LogP contribution in [0.2, 0.25) is 0 Å². The highest BCUT2D eigenvalue weighted by Crippen LogP contribution is 2.33. The third-order valence-corrected chi connectivity index (χ3v) is 5.80. The smallest absolute Gasteiger partial charge is 0.121 e. The Morgan fingerprint density at radius 3 is 2.90 bits per heavy atom. The lowest BCUT2D eigenvalue weighted by Crippen LogP contribution is -2.39.